The van der Waals surface area contributed by atoms with Crippen LogP contribution in [0.5, 0.6) is 5.75 Å². The number of halogens is 2. The molecule has 8 heteroatoms. The molecule has 6 nitrogen and oxygen atoms in total. The van der Waals surface area contributed by atoms with Gasteiger partial charge in [0.1, 0.15) is 5.82 Å². The summed E-state index contributed by atoms with van der Waals surface area (Å²) < 4.78 is 37.1. The van der Waals surface area contributed by atoms with E-state index in [-0.39, 0.29) is 35.7 Å². The molecule has 2 aromatic carbocycles. The number of carbonyl (C=O) groups excluding carboxylic acids is 1. The van der Waals surface area contributed by atoms with Gasteiger partial charge in [-0.3, -0.25) is 4.79 Å². The number of hydrogen-bond donors (Lipinski definition) is 0. The number of methoxy groups -OCH3 is 1. The molecule has 1 saturated heterocycles. The van der Waals surface area contributed by atoms with Crippen LogP contribution >= 0.6 is 0 Å². The van der Waals surface area contributed by atoms with Crippen LogP contribution in [-0.4, -0.2) is 29.7 Å². The second-order valence-corrected chi connectivity index (χ2v) is 6.19. The summed E-state index contributed by atoms with van der Waals surface area (Å²) in [5, 5.41) is 3.94. The maximum atomic E-state index is 13.9. The summed E-state index contributed by atoms with van der Waals surface area (Å²) in [5.74, 6) is -0.602. The second-order valence-electron chi connectivity index (χ2n) is 6.19. The Hall–Kier alpha value is -3.29. The van der Waals surface area contributed by atoms with Gasteiger partial charge in [-0.05, 0) is 42.5 Å². The van der Waals surface area contributed by atoms with Crippen molar-refractivity contribution in [2.75, 3.05) is 18.6 Å². The number of aromatic nitrogens is 2. The summed E-state index contributed by atoms with van der Waals surface area (Å²) in [4.78, 5) is 18.2. The van der Waals surface area contributed by atoms with Gasteiger partial charge >= 0.3 is 0 Å². The van der Waals surface area contributed by atoms with Gasteiger partial charge in [-0.25, -0.2) is 8.78 Å². The van der Waals surface area contributed by atoms with Crippen LogP contribution in [0.25, 0.3) is 11.5 Å². The molecule has 4 rings (SSSR count). The van der Waals surface area contributed by atoms with Gasteiger partial charge in [0.2, 0.25) is 5.91 Å². The number of rotatable bonds is 4. The largest absolute Gasteiger partial charge is 0.494 e. The molecule has 0 spiro atoms. The summed E-state index contributed by atoms with van der Waals surface area (Å²) >= 11 is 0. The molecule has 1 aliphatic rings. The zero-order chi connectivity index (χ0) is 19.0. The van der Waals surface area contributed by atoms with Gasteiger partial charge in [-0.2, -0.15) is 4.98 Å². The Morgan fingerprint density at radius 3 is 2.67 bits per heavy atom. The molecule has 1 atom stereocenters. The molecule has 138 valence electrons. The minimum absolute atomic E-state index is 0.103. The fraction of sp³-hybridized carbons (Fsp3) is 0.211. The molecular weight excluding hydrogens is 356 g/mol. The van der Waals surface area contributed by atoms with Crippen molar-refractivity contribution in [3.05, 3.63) is 59.9 Å². The number of anilines is 1. The van der Waals surface area contributed by atoms with E-state index in [0.29, 0.717) is 23.6 Å². The van der Waals surface area contributed by atoms with Gasteiger partial charge in [0.15, 0.2) is 17.4 Å². The van der Waals surface area contributed by atoms with E-state index in [1.54, 1.807) is 23.1 Å². The molecule has 0 radical (unpaired) electrons. The molecule has 0 saturated carbocycles. The van der Waals surface area contributed by atoms with E-state index in [9.17, 15) is 13.6 Å². The fourth-order valence-electron chi connectivity index (χ4n) is 3.07. The molecule has 1 amide bonds. The first-order chi connectivity index (χ1) is 13.0. The first-order valence-corrected chi connectivity index (χ1v) is 8.28. The van der Waals surface area contributed by atoms with E-state index in [0.717, 1.165) is 0 Å². The molecule has 3 aromatic rings. The lowest BCUT2D eigenvalue weighted by Gasteiger charge is -2.15. The minimum Gasteiger partial charge on any atom is -0.494 e. The average Bonchev–Trinajstić information content (AvgIpc) is 3.29. The number of ether oxygens (including phenoxy) is 1. The monoisotopic (exact) mass is 371 g/mol. The number of benzene rings is 2. The van der Waals surface area contributed by atoms with Crippen LogP contribution in [0.1, 0.15) is 18.2 Å². The lowest BCUT2D eigenvalue weighted by molar-refractivity contribution is -0.117. The predicted molar refractivity (Wildman–Crippen MR) is 92.4 cm³/mol. The van der Waals surface area contributed by atoms with Gasteiger partial charge in [0, 0.05) is 30.1 Å². The van der Waals surface area contributed by atoms with E-state index < -0.39 is 5.82 Å². The number of amides is 1. The zero-order valence-corrected chi connectivity index (χ0v) is 14.4. The molecule has 27 heavy (non-hydrogen) atoms. The number of nitrogens with zero attached hydrogens (tertiary/aromatic N) is 3. The Labute approximate surface area is 153 Å². The molecule has 1 fully saturated rings. The first-order valence-electron chi connectivity index (χ1n) is 8.28. The molecule has 0 aliphatic carbocycles. The maximum Gasteiger partial charge on any atom is 0.258 e. The van der Waals surface area contributed by atoms with Crippen LogP contribution in [0.15, 0.2) is 47.0 Å². The number of hydrogen-bond acceptors (Lipinski definition) is 5. The zero-order valence-electron chi connectivity index (χ0n) is 14.4. The topological polar surface area (TPSA) is 68.5 Å². The van der Waals surface area contributed by atoms with Crippen molar-refractivity contribution in [2.45, 2.75) is 12.3 Å². The summed E-state index contributed by atoms with van der Waals surface area (Å²) in [6.45, 7) is 0.362. The van der Waals surface area contributed by atoms with E-state index in [2.05, 4.69) is 10.1 Å². The lowest BCUT2D eigenvalue weighted by atomic mass is 10.1. The molecular formula is C19H15F2N3O3. The van der Waals surface area contributed by atoms with E-state index in [1.807, 2.05) is 0 Å². The molecule has 2 heterocycles. The first kappa shape index (κ1) is 17.1. The molecule has 1 aromatic heterocycles. The highest BCUT2D eigenvalue weighted by Crippen LogP contribution is 2.32. The van der Waals surface area contributed by atoms with Crippen LogP contribution in [-0.2, 0) is 4.79 Å². The lowest BCUT2D eigenvalue weighted by Crippen LogP contribution is -2.24. The van der Waals surface area contributed by atoms with Crippen LogP contribution in [0.2, 0.25) is 0 Å². The van der Waals surface area contributed by atoms with Gasteiger partial charge in [-0.1, -0.05) is 5.16 Å². The summed E-state index contributed by atoms with van der Waals surface area (Å²) in [6.07, 6.45) is 0.216. The highest BCUT2D eigenvalue weighted by atomic mass is 19.1. The molecule has 0 unspecified atom stereocenters. The van der Waals surface area contributed by atoms with Crippen LogP contribution in [0.4, 0.5) is 14.5 Å². The van der Waals surface area contributed by atoms with Crippen molar-refractivity contribution in [3.8, 4) is 17.2 Å². The molecule has 0 N–H and O–H groups in total. The third-order valence-electron chi connectivity index (χ3n) is 4.47. The third-order valence-corrected chi connectivity index (χ3v) is 4.47. The van der Waals surface area contributed by atoms with Crippen molar-refractivity contribution < 1.29 is 22.8 Å². The summed E-state index contributed by atoms with van der Waals surface area (Å²) in [7, 11) is 1.38. The van der Waals surface area contributed by atoms with E-state index in [1.165, 1.54) is 31.4 Å². The SMILES string of the molecule is COc1ccc(-c2nc([C@@H]3CC(=O)N(c4ccc(F)cc4)C3)no2)cc1F. The van der Waals surface area contributed by atoms with Gasteiger partial charge in [0.05, 0.1) is 7.11 Å². The van der Waals surface area contributed by atoms with Gasteiger partial charge < -0.3 is 14.2 Å². The maximum absolute atomic E-state index is 13.9. The standard InChI is InChI=1S/C19H15F2N3O3/c1-26-16-7-2-11(8-15(16)21)19-22-18(23-27-19)12-9-17(25)24(10-12)14-5-3-13(20)4-6-14/h2-8,12H,9-10H2,1H3/t12-/m1/s1. The van der Waals surface area contributed by atoms with E-state index >= 15 is 0 Å². The highest BCUT2D eigenvalue weighted by molar-refractivity contribution is 5.96. The normalized spacial score (nSPS) is 16.8. The minimum atomic E-state index is -0.534. The Morgan fingerprint density at radius 1 is 1.19 bits per heavy atom. The summed E-state index contributed by atoms with van der Waals surface area (Å²) in [5.41, 5.74) is 1.04. The van der Waals surface area contributed by atoms with E-state index in [4.69, 9.17) is 9.26 Å². The van der Waals surface area contributed by atoms with Crippen LogP contribution in [0, 0.1) is 11.6 Å². The molecule has 1 aliphatic heterocycles. The Kier molecular flexibility index (Phi) is 4.31. The highest BCUT2D eigenvalue weighted by Gasteiger charge is 2.34. The summed E-state index contributed by atoms with van der Waals surface area (Å²) in [6, 6.07) is 10.1. The fourth-order valence-corrected chi connectivity index (χ4v) is 3.07. The predicted octanol–water partition coefficient (Wildman–Crippen LogP) is 3.54. The van der Waals surface area contributed by atoms with Crippen molar-refractivity contribution in [1.82, 2.24) is 10.1 Å². The molecule has 0 bridgehead atoms. The Morgan fingerprint density at radius 2 is 1.96 bits per heavy atom. The second kappa shape index (κ2) is 6.79. The van der Waals surface area contributed by atoms with Crippen molar-refractivity contribution in [3.63, 3.8) is 0 Å². The average molecular weight is 371 g/mol. The quantitative estimate of drug-likeness (QED) is 0.702. The third kappa shape index (κ3) is 3.25. The van der Waals surface area contributed by atoms with Crippen LogP contribution < -0.4 is 9.64 Å². The number of carbonyl (C=O) groups is 1. The Balaban J connectivity index is 1.54. The van der Waals surface area contributed by atoms with Gasteiger partial charge in [-0.15, -0.1) is 0 Å². The van der Waals surface area contributed by atoms with Crippen molar-refractivity contribution in [2.24, 2.45) is 0 Å². The van der Waals surface area contributed by atoms with Crippen LogP contribution in [0.3, 0.4) is 0 Å². The van der Waals surface area contributed by atoms with Gasteiger partial charge in [0.25, 0.3) is 5.89 Å². The smallest absolute Gasteiger partial charge is 0.258 e. The Bertz CT molecular complexity index is 988. The van der Waals surface area contributed by atoms with Crippen molar-refractivity contribution in [1.29, 1.82) is 0 Å². The van der Waals surface area contributed by atoms with Crippen molar-refractivity contribution >= 4 is 11.6 Å².